The number of aromatic nitrogens is 1. The van der Waals surface area contributed by atoms with Gasteiger partial charge >= 0.3 is 12.0 Å². The molecule has 114 valence electrons. The molecule has 2 aromatic rings. The normalized spacial score (nSPS) is 9.91. The van der Waals surface area contributed by atoms with Gasteiger partial charge in [-0.25, -0.2) is 9.59 Å². The molecule has 1 aromatic carbocycles. The highest BCUT2D eigenvalue weighted by molar-refractivity contribution is 5.93. The van der Waals surface area contributed by atoms with Gasteiger partial charge in [0.15, 0.2) is 0 Å². The number of anilines is 1. The summed E-state index contributed by atoms with van der Waals surface area (Å²) in [5, 5.41) is 5.45. The molecule has 0 aliphatic carbocycles. The molecule has 22 heavy (non-hydrogen) atoms. The van der Waals surface area contributed by atoms with E-state index in [1.54, 1.807) is 31.3 Å². The molecular formula is C16H17N3O3. The summed E-state index contributed by atoms with van der Waals surface area (Å²) in [5.74, 6) is -0.408. The van der Waals surface area contributed by atoms with Crippen molar-refractivity contribution in [2.24, 2.45) is 0 Å². The predicted octanol–water partition coefficient (Wildman–Crippen LogP) is 2.50. The Morgan fingerprint density at radius 3 is 2.68 bits per heavy atom. The Labute approximate surface area is 128 Å². The maximum atomic E-state index is 11.9. The minimum absolute atomic E-state index is 0.334. The second-order valence-electron chi connectivity index (χ2n) is 4.65. The number of pyridine rings is 1. The number of rotatable bonds is 4. The molecule has 2 rings (SSSR count). The highest BCUT2D eigenvalue weighted by Crippen LogP contribution is 2.17. The summed E-state index contributed by atoms with van der Waals surface area (Å²) in [4.78, 5) is 27.4. The van der Waals surface area contributed by atoms with E-state index in [-0.39, 0.29) is 6.03 Å². The number of hydrogen-bond donors (Lipinski definition) is 2. The van der Waals surface area contributed by atoms with Crippen LogP contribution in [0.3, 0.4) is 0 Å². The molecule has 0 atom stereocenters. The molecule has 0 fully saturated rings. The van der Waals surface area contributed by atoms with Gasteiger partial charge in [-0.3, -0.25) is 4.98 Å². The number of benzene rings is 1. The highest BCUT2D eigenvalue weighted by Gasteiger charge is 2.09. The SMILES string of the molecule is COC(=O)c1ccc(NC(=O)NCc2ccccn2)c(C)c1. The van der Waals surface area contributed by atoms with Crippen LogP contribution >= 0.6 is 0 Å². The molecule has 6 nitrogen and oxygen atoms in total. The molecule has 0 spiro atoms. The van der Waals surface area contributed by atoms with Crippen molar-refractivity contribution >= 4 is 17.7 Å². The van der Waals surface area contributed by atoms with Crippen molar-refractivity contribution in [3.8, 4) is 0 Å². The number of carbonyl (C=O) groups excluding carboxylic acids is 2. The number of nitrogens with zero attached hydrogens (tertiary/aromatic N) is 1. The van der Waals surface area contributed by atoms with Crippen molar-refractivity contribution in [1.29, 1.82) is 0 Å². The third kappa shape index (κ3) is 4.05. The first kappa shape index (κ1) is 15.5. The standard InChI is InChI=1S/C16H17N3O3/c1-11-9-12(15(20)22-2)6-7-14(11)19-16(21)18-10-13-5-3-4-8-17-13/h3-9H,10H2,1-2H3,(H2,18,19,21). The zero-order valence-corrected chi connectivity index (χ0v) is 12.4. The quantitative estimate of drug-likeness (QED) is 0.850. The van der Waals surface area contributed by atoms with Gasteiger partial charge in [-0.1, -0.05) is 6.07 Å². The molecule has 2 N–H and O–H groups in total. The fraction of sp³-hybridized carbons (Fsp3) is 0.188. The average Bonchev–Trinajstić information content (AvgIpc) is 2.55. The first-order valence-electron chi connectivity index (χ1n) is 6.74. The van der Waals surface area contributed by atoms with Crippen LogP contribution < -0.4 is 10.6 Å². The highest BCUT2D eigenvalue weighted by atomic mass is 16.5. The smallest absolute Gasteiger partial charge is 0.337 e. The van der Waals surface area contributed by atoms with Gasteiger partial charge in [0.2, 0.25) is 0 Å². The largest absolute Gasteiger partial charge is 0.465 e. The van der Waals surface area contributed by atoms with Crippen LogP contribution in [0.1, 0.15) is 21.6 Å². The third-order valence-corrected chi connectivity index (χ3v) is 3.05. The van der Waals surface area contributed by atoms with Gasteiger partial charge in [0.05, 0.1) is 24.9 Å². The molecule has 6 heteroatoms. The molecule has 0 saturated heterocycles. The lowest BCUT2D eigenvalue weighted by Crippen LogP contribution is -2.28. The summed E-state index contributed by atoms with van der Waals surface area (Å²) in [7, 11) is 1.33. The number of ether oxygens (including phenoxy) is 1. The number of urea groups is 1. The number of amides is 2. The van der Waals surface area contributed by atoms with Gasteiger partial charge in [-0.2, -0.15) is 0 Å². The molecule has 1 heterocycles. The zero-order chi connectivity index (χ0) is 15.9. The van der Waals surface area contributed by atoms with Crippen LogP contribution in [0.25, 0.3) is 0 Å². The van der Waals surface area contributed by atoms with Gasteiger partial charge in [0.1, 0.15) is 0 Å². The summed E-state index contributed by atoms with van der Waals surface area (Å²) in [6, 6.07) is 10.1. The van der Waals surface area contributed by atoms with Crippen molar-refractivity contribution < 1.29 is 14.3 Å². The molecule has 0 unspecified atom stereocenters. The van der Waals surface area contributed by atoms with E-state index >= 15 is 0 Å². The van der Waals surface area contributed by atoms with Crippen LogP contribution in [0.4, 0.5) is 10.5 Å². The van der Waals surface area contributed by atoms with Crippen LogP contribution in [0.2, 0.25) is 0 Å². The molecule has 0 aliphatic rings. The maximum Gasteiger partial charge on any atom is 0.337 e. The second-order valence-corrected chi connectivity index (χ2v) is 4.65. The number of methoxy groups -OCH3 is 1. The van der Waals surface area contributed by atoms with E-state index in [2.05, 4.69) is 20.4 Å². The van der Waals surface area contributed by atoms with Crippen LogP contribution in [0.5, 0.6) is 0 Å². The van der Waals surface area contributed by atoms with Crippen LogP contribution in [0.15, 0.2) is 42.6 Å². The number of esters is 1. The van der Waals surface area contributed by atoms with E-state index in [1.165, 1.54) is 7.11 Å². The minimum Gasteiger partial charge on any atom is -0.465 e. The van der Waals surface area contributed by atoms with Crippen molar-refractivity contribution in [2.75, 3.05) is 12.4 Å². The molecule has 0 saturated carbocycles. The Morgan fingerprint density at radius 2 is 2.05 bits per heavy atom. The van der Waals surface area contributed by atoms with E-state index in [0.29, 0.717) is 17.8 Å². The van der Waals surface area contributed by atoms with Crippen LogP contribution in [0, 0.1) is 6.92 Å². The maximum absolute atomic E-state index is 11.9. The predicted molar refractivity (Wildman–Crippen MR) is 82.6 cm³/mol. The molecule has 0 aliphatic heterocycles. The summed E-state index contributed by atoms with van der Waals surface area (Å²) in [6.45, 7) is 2.15. The van der Waals surface area contributed by atoms with E-state index in [1.807, 2.05) is 18.2 Å². The number of nitrogens with one attached hydrogen (secondary N) is 2. The van der Waals surface area contributed by atoms with Gasteiger partial charge in [-0.05, 0) is 42.8 Å². The Morgan fingerprint density at radius 1 is 1.23 bits per heavy atom. The summed E-state index contributed by atoms with van der Waals surface area (Å²) < 4.78 is 4.65. The van der Waals surface area contributed by atoms with Gasteiger partial charge in [-0.15, -0.1) is 0 Å². The number of carbonyl (C=O) groups is 2. The van der Waals surface area contributed by atoms with Crippen molar-refractivity contribution in [3.63, 3.8) is 0 Å². The van der Waals surface area contributed by atoms with E-state index < -0.39 is 5.97 Å². The van der Waals surface area contributed by atoms with Gasteiger partial charge in [0, 0.05) is 11.9 Å². The molecule has 0 bridgehead atoms. The summed E-state index contributed by atoms with van der Waals surface area (Å²) in [6.07, 6.45) is 1.67. The monoisotopic (exact) mass is 299 g/mol. The van der Waals surface area contributed by atoms with E-state index in [9.17, 15) is 9.59 Å². The minimum atomic E-state index is -0.408. The number of hydrogen-bond acceptors (Lipinski definition) is 4. The lowest BCUT2D eigenvalue weighted by Gasteiger charge is -2.10. The summed E-state index contributed by atoms with van der Waals surface area (Å²) >= 11 is 0. The Balaban J connectivity index is 1.95. The molecule has 0 radical (unpaired) electrons. The summed E-state index contributed by atoms with van der Waals surface area (Å²) in [5.41, 5.74) is 2.62. The number of aryl methyl sites for hydroxylation is 1. The van der Waals surface area contributed by atoms with E-state index in [4.69, 9.17) is 0 Å². The van der Waals surface area contributed by atoms with Crippen molar-refractivity contribution in [1.82, 2.24) is 10.3 Å². The Hall–Kier alpha value is -2.89. The zero-order valence-electron chi connectivity index (χ0n) is 12.4. The van der Waals surface area contributed by atoms with Crippen molar-refractivity contribution in [2.45, 2.75) is 13.5 Å². The third-order valence-electron chi connectivity index (χ3n) is 3.05. The first-order chi connectivity index (χ1) is 10.6. The lowest BCUT2D eigenvalue weighted by molar-refractivity contribution is 0.0600. The molecular weight excluding hydrogens is 282 g/mol. The topological polar surface area (TPSA) is 80.3 Å². The van der Waals surface area contributed by atoms with Crippen molar-refractivity contribution in [3.05, 3.63) is 59.4 Å². The fourth-order valence-corrected chi connectivity index (χ4v) is 1.89. The fourth-order valence-electron chi connectivity index (χ4n) is 1.89. The van der Waals surface area contributed by atoms with Crippen LogP contribution in [-0.4, -0.2) is 24.1 Å². The Bertz CT molecular complexity index is 672. The molecule has 2 amide bonds. The lowest BCUT2D eigenvalue weighted by atomic mass is 10.1. The van der Waals surface area contributed by atoms with Gasteiger partial charge < -0.3 is 15.4 Å². The van der Waals surface area contributed by atoms with Crippen LogP contribution in [-0.2, 0) is 11.3 Å². The van der Waals surface area contributed by atoms with E-state index in [0.717, 1.165) is 11.3 Å². The van der Waals surface area contributed by atoms with Gasteiger partial charge in [0.25, 0.3) is 0 Å². The molecule has 1 aromatic heterocycles. The average molecular weight is 299 g/mol. The second kappa shape index (κ2) is 7.21. The Kier molecular flexibility index (Phi) is 5.08. The first-order valence-corrected chi connectivity index (χ1v) is 6.74.